The molecule has 0 atom stereocenters. The maximum Gasteiger partial charge on any atom is 0.162 e. The van der Waals surface area contributed by atoms with Gasteiger partial charge in [0, 0.05) is 30.8 Å². The Morgan fingerprint density at radius 1 is 1.00 bits per heavy atom. The Labute approximate surface area is 156 Å². The topological polar surface area (TPSA) is 40.5 Å². The highest BCUT2D eigenvalue weighted by molar-refractivity contribution is 5.96. The van der Waals surface area contributed by atoms with Crippen molar-refractivity contribution in [3.63, 3.8) is 0 Å². The SMILES string of the molecule is CCCC(=O)c1ccc(N2CCC(O)(c3ccc(CC)cc3)CC2)cc1. The van der Waals surface area contributed by atoms with Crippen molar-refractivity contribution in [3.05, 3.63) is 65.2 Å². The molecular formula is C23H29NO2. The number of aliphatic hydroxyl groups is 1. The van der Waals surface area contributed by atoms with E-state index in [-0.39, 0.29) is 5.78 Å². The summed E-state index contributed by atoms with van der Waals surface area (Å²) in [6, 6.07) is 16.3. The molecule has 1 fully saturated rings. The molecule has 0 unspecified atom stereocenters. The van der Waals surface area contributed by atoms with E-state index in [1.807, 2.05) is 31.2 Å². The van der Waals surface area contributed by atoms with Crippen molar-refractivity contribution >= 4 is 11.5 Å². The molecule has 0 saturated carbocycles. The summed E-state index contributed by atoms with van der Waals surface area (Å²) in [4.78, 5) is 14.3. The Morgan fingerprint density at radius 3 is 2.15 bits per heavy atom. The lowest BCUT2D eigenvalue weighted by Crippen LogP contribution is -2.42. The molecule has 26 heavy (non-hydrogen) atoms. The number of ketones is 1. The van der Waals surface area contributed by atoms with Crippen molar-refractivity contribution in [2.75, 3.05) is 18.0 Å². The fourth-order valence-electron chi connectivity index (χ4n) is 3.70. The average molecular weight is 351 g/mol. The van der Waals surface area contributed by atoms with Gasteiger partial charge in [-0.15, -0.1) is 0 Å². The van der Waals surface area contributed by atoms with Crippen LogP contribution in [0.2, 0.25) is 0 Å². The lowest BCUT2D eigenvalue weighted by Gasteiger charge is -2.39. The molecule has 3 heteroatoms. The smallest absolute Gasteiger partial charge is 0.162 e. The number of carbonyl (C=O) groups excluding carboxylic acids is 1. The van der Waals surface area contributed by atoms with Gasteiger partial charge < -0.3 is 10.0 Å². The first-order valence-electron chi connectivity index (χ1n) is 9.75. The molecule has 1 saturated heterocycles. The third-order valence-corrected chi connectivity index (χ3v) is 5.52. The van der Waals surface area contributed by atoms with Crippen LogP contribution in [0.3, 0.4) is 0 Å². The number of rotatable bonds is 6. The summed E-state index contributed by atoms with van der Waals surface area (Å²) in [5.41, 5.74) is 3.50. The first-order valence-corrected chi connectivity index (χ1v) is 9.75. The fraction of sp³-hybridized carbons (Fsp3) is 0.435. The molecule has 2 aromatic carbocycles. The summed E-state index contributed by atoms with van der Waals surface area (Å²) in [6.45, 7) is 5.79. The minimum absolute atomic E-state index is 0.211. The zero-order chi connectivity index (χ0) is 18.6. The number of benzene rings is 2. The van der Waals surface area contributed by atoms with Crippen LogP contribution in [0.15, 0.2) is 48.5 Å². The zero-order valence-corrected chi connectivity index (χ0v) is 15.9. The molecule has 1 aliphatic rings. The molecule has 0 bridgehead atoms. The van der Waals surface area contributed by atoms with Crippen LogP contribution in [0, 0.1) is 0 Å². The summed E-state index contributed by atoms with van der Waals surface area (Å²) < 4.78 is 0. The highest BCUT2D eigenvalue weighted by atomic mass is 16.3. The van der Waals surface area contributed by atoms with Crippen LogP contribution in [-0.2, 0) is 12.0 Å². The summed E-state index contributed by atoms with van der Waals surface area (Å²) in [6.07, 6.45) is 3.94. The standard InChI is InChI=1S/C23H29NO2/c1-3-5-22(25)19-8-12-21(13-9-19)24-16-14-23(26,15-17-24)20-10-6-18(4-2)7-11-20/h6-13,26H,3-5,14-17H2,1-2H3. The van der Waals surface area contributed by atoms with E-state index in [2.05, 4.69) is 36.1 Å². The molecule has 0 aliphatic carbocycles. The van der Waals surface area contributed by atoms with Crippen molar-refractivity contribution < 1.29 is 9.90 Å². The van der Waals surface area contributed by atoms with Crippen molar-refractivity contribution in [1.29, 1.82) is 0 Å². The van der Waals surface area contributed by atoms with Crippen LogP contribution in [0.1, 0.15) is 61.0 Å². The van der Waals surface area contributed by atoms with Gasteiger partial charge in [0.25, 0.3) is 0 Å². The molecule has 2 aromatic rings. The molecule has 0 aromatic heterocycles. The second kappa shape index (κ2) is 8.05. The highest BCUT2D eigenvalue weighted by Crippen LogP contribution is 2.34. The third-order valence-electron chi connectivity index (χ3n) is 5.52. The Hall–Kier alpha value is -2.13. The molecule has 3 rings (SSSR count). The van der Waals surface area contributed by atoms with Gasteiger partial charge in [-0.05, 0) is 61.1 Å². The molecule has 3 nitrogen and oxygen atoms in total. The number of nitrogens with zero attached hydrogens (tertiary/aromatic N) is 1. The molecule has 0 spiro atoms. The van der Waals surface area contributed by atoms with Gasteiger partial charge in [-0.2, -0.15) is 0 Å². The number of aryl methyl sites for hydroxylation is 1. The summed E-state index contributed by atoms with van der Waals surface area (Å²) in [7, 11) is 0. The van der Waals surface area contributed by atoms with Crippen LogP contribution in [0.5, 0.6) is 0 Å². The van der Waals surface area contributed by atoms with Crippen LogP contribution in [-0.4, -0.2) is 24.0 Å². The molecule has 138 valence electrons. The quantitative estimate of drug-likeness (QED) is 0.766. The summed E-state index contributed by atoms with van der Waals surface area (Å²) in [5.74, 6) is 0.211. The Balaban J connectivity index is 1.64. The van der Waals surface area contributed by atoms with Gasteiger partial charge in [0.2, 0.25) is 0 Å². The number of hydrogen-bond donors (Lipinski definition) is 1. The summed E-state index contributed by atoms with van der Waals surface area (Å²) in [5, 5.41) is 11.1. The second-order valence-corrected chi connectivity index (χ2v) is 7.29. The van der Waals surface area contributed by atoms with Crippen LogP contribution >= 0.6 is 0 Å². The molecule has 0 radical (unpaired) electrons. The molecule has 1 heterocycles. The first kappa shape index (κ1) is 18.7. The van der Waals surface area contributed by atoms with Crippen molar-refractivity contribution in [3.8, 4) is 0 Å². The normalized spacial score (nSPS) is 16.5. The Morgan fingerprint density at radius 2 is 1.62 bits per heavy atom. The highest BCUT2D eigenvalue weighted by Gasteiger charge is 2.34. The number of piperidine rings is 1. The number of Topliss-reactive ketones (excluding diaryl/α,β-unsaturated/α-hetero) is 1. The lowest BCUT2D eigenvalue weighted by molar-refractivity contribution is 0.0118. The van der Waals surface area contributed by atoms with E-state index in [1.165, 1.54) is 5.56 Å². The summed E-state index contributed by atoms with van der Waals surface area (Å²) >= 11 is 0. The van der Waals surface area contributed by atoms with Crippen LogP contribution in [0.25, 0.3) is 0 Å². The van der Waals surface area contributed by atoms with E-state index in [0.717, 1.165) is 55.6 Å². The van der Waals surface area contributed by atoms with E-state index < -0.39 is 5.60 Å². The molecular weight excluding hydrogens is 322 g/mol. The van der Waals surface area contributed by atoms with Crippen molar-refractivity contribution in [2.45, 2.75) is 51.6 Å². The minimum Gasteiger partial charge on any atom is -0.385 e. The first-order chi connectivity index (χ1) is 12.6. The predicted molar refractivity (Wildman–Crippen MR) is 107 cm³/mol. The van der Waals surface area contributed by atoms with E-state index in [1.54, 1.807) is 0 Å². The van der Waals surface area contributed by atoms with Crippen molar-refractivity contribution in [2.24, 2.45) is 0 Å². The number of anilines is 1. The van der Waals surface area contributed by atoms with Gasteiger partial charge in [0.05, 0.1) is 5.60 Å². The fourth-order valence-corrected chi connectivity index (χ4v) is 3.70. The predicted octanol–water partition coefficient (Wildman–Crippen LogP) is 4.72. The minimum atomic E-state index is -0.736. The number of carbonyl (C=O) groups is 1. The van der Waals surface area contributed by atoms with E-state index in [0.29, 0.717) is 6.42 Å². The molecule has 1 N–H and O–H groups in total. The van der Waals surface area contributed by atoms with Gasteiger partial charge >= 0.3 is 0 Å². The van der Waals surface area contributed by atoms with Gasteiger partial charge in [-0.1, -0.05) is 38.1 Å². The van der Waals surface area contributed by atoms with Crippen LogP contribution in [0.4, 0.5) is 5.69 Å². The zero-order valence-electron chi connectivity index (χ0n) is 15.9. The second-order valence-electron chi connectivity index (χ2n) is 7.29. The van der Waals surface area contributed by atoms with Gasteiger partial charge in [0.1, 0.15) is 0 Å². The lowest BCUT2D eigenvalue weighted by atomic mass is 9.84. The Kier molecular flexibility index (Phi) is 5.77. The van der Waals surface area contributed by atoms with E-state index >= 15 is 0 Å². The van der Waals surface area contributed by atoms with Gasteiger partial charge in [-0.3, -0.25) is 4.79 Å². The Bertz CT molecular complexity index is 726. The number of hydrogen-bond acceptors (Lipinski definition) is 3. The van der Waals surface area contributed by atoms with E-state index in [9.17, 15) is 9.90 Å². The monoisotopic (exact) mass is 351 g/mol. The maximum absolute atomic E-state index is 12.0. The third kappa shape index (κ3) is 3.99. The van der Waals surface area contributed by atoms with Gasteiger partial charge in [0.15, 0.2) is 5.78 Å². The van der Waals surface area contributed by atoms with Gasteiger partial charge in [-0.25, -0.2) is 0 Å². The van der Waals surface area contributed by atoms with Crippen molar-refractivity contribution in [1.82, 2.24) is 0 Å². The van der Waals surface area contributed by atoms with E-state index in [4.69, 9.17) is 0 Å². The maximum atomic E-state index is 12.0. The molecule has 0 amide bonds. The average Bonchev–Trinajstić information content (AvgIpc) is 2.69. The molecule has 1 aliphatic heterocycles. The van der Waals surface area contributed by atoms with Crippen LogP contribution < -0.4 is 4.90 Å². The largest absolute Gasteiger partial charge is 0.385 e.